The quantitative estimate of drug-likeness (QED) is 0.524. The van der Waals surface area contributed by atoms with E-state index in [1.165, 1.54) is 4.63 Å². The Kier molecular flexibility index (Phi) is 4.86. The number of nitrogens with two attached hydrogens (primary N) is 1. The molecule has 0 unspecified atom stereocenters. The van der Waals surface area contributed by atoms with Gasteiger partial charge in [-0.25, -0.2) is 4.79 Å². The summed E-state index contributed by atoms with van der Waals surface area (Å²) in [6.45, 7) is 2.10. The minimum atomic E-state index is -0.944. The normalized spacial score (nSPS) is 19.5. The molecular weight excluding hydrogens is 380 g/mol. The summed E-state index contributed by atoms with van der Waals surface area (Å²) in [6.07, 6.45) is 1.28. The summed E-state index contributed by atoms with van der Waals surface area (Å²) in [5, 5.41) is 21.0. The van der Waals surface area contributed by atoms with E-state index in [0.717, 1.165) is 0 Å². The van der Waals surface area contributed by atoms with Gasteiger partial charge in [0.25, 0.3) is 0 Å². The third-order valence-electron chi connectivity index (χ3n) is 5.14. The van der Waals surface area contributed by atoms with Gasteiger partial charge in [-0.2, -0.15) is 0 Å². The van der Waals surface area contributed by atoms with Crippen LogP contribution in [0.4, 0.5) is 10.6 Å². The van der Waals surface area contributed by atoms with Crippen LogP contribution < -0.4 is 21.3 Å². The van der Waals surface area contributed by atoms with Gasteiger partial charge >= 0.3 is 6.03 Å². The monoisotopic (exact) mass is 402 g/mol. The Morgan fingerprint density at radius 3 is 2.76 bits per heavy atom. The Morgan fingerprint density at radius 1 is 1.17 bits per heavy atom. The molecule has 0 atom stereocenters. The molecule has 1 aliphatic heterocycles. The Balaban J connectivity index is 1.53. The summed E-state index contributed by atoms with van der Waals surface area (Å²) >= 11 is 0. The maximum Gasteiger partial charge on any atom is 0.313 e. The van der Waals surface area contributed by atoms with Crippen molar-refractivity contribution < 1.29 is 14.4 Å². The van der Waals surface area contributed by atoms with Crippen LogP contribution in [0.1, 0.15) is 19.3 Å². The van der Waals surface area contributed by atoms with E-state index in [2.05, 4.69) is 31.3 Å². The van der Waals surface area contributed by atoms with Gasteiger partial charge in [-0.05, 0) is 35.4 Å². The summed E-state index contributed by atoms with van der Waals surface area (Å²) in [5.74, 6) is 0.276. The molecule has 0 bridgehead atoms. The Labute approximate surface area is 165 Å². The van der Waals surface area contributed by atoms with Gasteiger partial charge in [0.15, 0.2) is 11.5 Å². The van der Waals surface area contributed by atoms with Crippen molar-refractivity contribution >= 4 is 29.3 Å². The predicted octanol–water partition coefficient (Wildman–Crippen LogP) is -2.12. The maximum atomic E-state index is 13.0. The van der Waals surface area contributed by atoms with Crippen LogP contribution in [0.25, 0.3) is 5.65 Å². The number of nitrogens with zero attached hydrogens (tertiary/aromatic N) is 7. The van der Waals surface area contributed by atoms with E-state index >= 15 is 0 Å². The average molecular weight is 402 g/mol. The SMILES string of the molecule is NC(=O)NC1(C(=O)N2CCC(=O)NCCN(c3ccc4nnnn4n3)CC2)CC1. The van der Waals surface area contributed by atoms with E-state index in [1.807, 2.05) is 4.90 Å². The fourth-order valence-electron chi connectivity index (χ4n) is 3.42. The van der Waals surface area contributed by atoms with Gasteiger partial charge in [-0.3, -0.25) is 9.59 Å². The van der Waals surface area contributed by atoms with Crippen LogP contribution in [0.5, 0.6) is 0 Å². The van der Waals surface area contributed by atoms with Crippen molar-refractivity contribution in [2.75, 3.05) is 37.6 Å². The number of tetrazole rings is 1. The molecule has 154 valence electrons. The third-order valence-corrected chi connectivity index (χ3v) is 5.14. The lowest BCUT2D eigenvalue weighted by molar-refractivity contribution is -0.134. The molecule has 1 saturated heterocycles. The number of nitrogens with one attached hydrogen (secondary N) is 2. The molecule has 4 N–H and O–H groups in total. The summed E-state index contributed by atoms with van der Waals surface area (Å²) in [7, 11) is 0. The highest BCUT2D eigenvalue weighted by Crippen LogP contribution is 2.37. The van der Waals surface area contributed by atoms with Crippen molar-refractivity contribution in [2.24, 2.45) is 5.73 Å². The number of fused-ring (bicyclic) bond motifs is 1. The second-order valence-corrected chi connectivity index (χ2v) is 7.17. The third kappa shape index (κ3) is 4.02. The van der Waals surface area contributed by atoms with Crippen LogP contribution in [-0.4, -0.2) is 86.3 Å². The summed E-state index contributed by atoms with van der Waals surface area (Å²) in [5.41, 5.74) is 4.80. The lowest BCUT2D eigenvalue weighted by Gasteiger charge is -2.32. The van der Waals surface area contributed by atoms with E-state index in [1.54, 1.807) is 17.0 Å². The molecule has 13 heteroatoms. The molecule has 4 amide bonds. The van der Waals surface area contributed by atoms with Crippen molar-refractivity contribution in [2.45, 2.75) is 24.8 Å². The predicted molar refractivity (Wildman–Crippen MR) is 99.7 cm³/mol. The highest BCUT2D eigenvalue weighted by Gasteiger charge is 2.52. The summed E-state index contributed by atoms with van der Waals surface area (Å²) in [4.78, 5) is 40.0. The van der Waals surface area contributed by atoms with Gasteiger partial charge in [0.2, 0.25) is 11.8 Å². The number of hydrogen-bond acceptors (Lipinski definition) is 8. The molecule has 2 aliphatic rings. The Bertz CT molecular complexity index is 940. The fourth-order valence-corrected chi connectivity index (χ4v) is 3.42. The zero-order valence-electron chi connectivity index (χ0n) is 15.7. The van der Waals surface area contributed by atoms with E-state index in [0.29, 0.717) is 50.5 Å². The molecule has 2 aromatic rings. The number of anilines is 1. The van der Waals surface area contributed by atoms with E-state index in [9.17, 15) is 14.4 Å². The number of primary amides is 1. The van der Waals surface area contributed by atoms with E-state index < -0.39 is 11.6 Å². The molecule has 0 aromatic carbocycles. The summed E-state index contributed by atoms with van der Waals surface area (Å²) < 4.78 is 1.33. The number of aromatic nitrogens is 5. The molecule has 1 aliphatic carbocycles. The van der Waals surface area contributed by atoms with Gasteiger partial charge in [-0.15, -0.1) is 14.8 Å². The van der Waals surface area contributed by atoms with Crippen LogP contribution in [0.2, 0.25) is 0 Å². The van der Waals surface area contributed by atoms with E-state index in [4.69, 9.17) is 5.73 Å². The van der Waals surface area contributed by atoms with Crippen molar-refractivity contribution in [3.8, 4) is 0 Å². The van der Waals surface area contributed by atoms with E-state index in [-0.39, 0.29) is 24.8 Å². The van der Waals surface area contributed by atoms with Crippen molar-refractivity contribution in [3.63, 3.8) is 0 Å². The lowest BCUT2D eigenvalue weighted by atomic mass is 10.2. The number of urea groups is 1. The standard InChI is InChI=1S/C16H22N10O3/c17-15(29)19-16(4-5-16)14(28)25-7-3-13(27)18-6-8-24(9-10-25)12-2-1-11-20-22-23-26(11)21-12/h1-2H,3-10H2,(H,18,27)(H3,17,19,29). The fraction of sp³-hybridized carbons (Fsp3) is 0.562. The van der Waals surface area contributed by atoms with Crippen LogP contribution in [0.3, 0.4) is 0 Å². The molecule has 0 radical (unpaired) electrons. The lowest BCUT2D eigenvalue weighted by Crippen LogP contribution is -2.54. The largest absolute Gasteiger partial charge is 0.354 e. The molecule has 29 heavy (non-hydrogen) atoms. The van der Waals surface area contributed by atoms with Crippen molar-refractivity contribution in [1.29, 1.82) is 0 Å². The maximum absolute atomic E-state index is 13.0. The topological polar surface area (TPSA) is 164 Å². The molecule has 4 rings (SSSR count). The zero-order valence-corrected chi connectivity index (χ0v) is 15.7. The second kappa shape index (κ2) is 7.48. The zero-order chi connectivity index (χ0) is 20.4. The van der Waals surface area contributed by atoms with Gasteiger partial charge < -0.3 is 26.2 Å². The minimum absolute atomic E-state index is 0.138. The molecule has 13 nitrogen and oxygen atoms in total. The Hall–Kier alpha value is -3.51. The average Bonchev–Trinajstić information content (AvgIpc) is 3.31. The molecular formula is C16H22N10O3. The first-order chi connectivity index (χ1) is 14.0. The minimum Gasteiger partial charge on any atom is -0.354 e. The van der Waals surface area contributed by atoms with Gasteiger partial charge in [-0.1, -0.05) is 0 Å². The van der Waals surface area contributed by atoms with Gasteiger partial charge in [0, 0.05) is 39.1 Å². The smallest absolute Gasteiger partial charge is 0.313 e. The van der Waals surface area contributed by atoms with Gasteiger partial charge in [0.1, 0.15) is 5.54 Å². The molecule has 1 saturated carbocycles. The first-order valence-electron chi connectivity index (χ1n) is 9.41. The molecule has 2 fully saturated rings. The first kappa shape index (κ1) is 18.8. The van der Waals surface area contributed by atoms with Crippen LogP contribution in [-0.2, 0) is 9.59 Å². The highest BCUT2D eigenvalue weighted by atomic mass is 16.2. The summed E-state index contributed by atoms with van der Waals surface area (Å²) in [6, 6.07) is 2.82. The highest BCUT2D eigenvalue weighted by molar-refractivity contribution is 5.93. The van der Waals surface area contributed by atoms with Crippen LogP contribution in [0, 0.1) is 0 Å². The van der Waals surface area contributed by atoms with Gasteiger partial charge in [0.05, 0.1) is 0 Å². The van der Waals surface area contributed by atoms with Crippen LogP contribution in [0.15, 0.2) is 12.1 Å². The van der Waals surface area contributed by atoms with Crippen molar-refractivity contribution in [1.82, 2.24) is 40.8 Å². The second-order valence-electron chi connectivity index (χ2n) is 7.17. The Morgan fingerprint density at radius 2 is 2.00 bits per heavy atom. The first-order valence-corrected chi connectivity index (χ1v) is 9.41. The van der Waals surface area contributed by atoms with Crippen molar-refractivity contribution in [3.05, 3.63) is 12.1 Å². The van der Waals surface area contributed by atoms with Crippen LogP contribution >= 0.6 is 0 Å². The number of hydrogen-bond donors (Lipinski definition) is 3. The molecule has 2 aromatic heterocycles. The number of carbonyl (C=O) groups excluding carboxylic acids is 3. The number of rotatable bonds is 3. The number of amides is 4. The molecule has 0 spiro atoms. The molecule has 3 heterocycles. The number of carbonyl (C=O) groups is 3.